The van der Waals surface area contributed by atoms with Crippen molar-refractivity contribution in [2.75, 3.05) is 0 Å². The Morgan fingerprint density at radius 2 is 0.972 bits per heavy atom. The zero-order valence-corrected chi connectivity index (χ0v) is 20.0. The van der Waals surface area contributed by atoms with E-state index in [4.69, 9.17) is 0 Å². The second-order valence-corrected chi connectivity index (χ2v) is 9.45. The summed E-state index contributed by atoms with van der Waals surface area (Å²) in [5.74, 6) is 0.258. The molecule has 3 heteroatoms. The Bertz CT molecular complexity index is 1490. The lowest BCUT2D eigenvalue weighted by Crippen LogP contribution is -2.14. The summed E-state index contributed by atoms with van der Waals surface area (Å²) in [6.45, 7) is 0. The summed E-state index contributed by atoms with van der Waals surface area (Å²) in [7, 11) is 0. The minimum Gasteiger partial charge on any atom is -0.361 e. The summed E-state index contributed by atoms with van der Waals surface area (Å²) < 4.78 is 0. The van der Waals surface area contributed by atoms with E-state index in [-0.39, 0.29) is 17.6 Å². The number of carbonyl (C=O) groups is 1. The maximum atomic E-state index is 13.9. The summed E-state index contributed by atoms with van der Waals surface area (Å²) in [6.07, 6.45) is 4.86. The van der Waals surface area contributed by atoms with Crippen LogP contribution in [0.25, 0.3) is 21.8 Å². The number of ketones is 1. The Morgan fingerprint density at radius 1 is 0.528 bits per heavy atom. The number of hydrogen-bond acceptors (Lipinski definition) is 1. The van der Waals surface area contributed by atoms with Crippen molar-refractivity contribution in [3.8, 4) is 0 Å². The van der Waals surface area contributed by atoms with Crippen molar-refractivity contribution >= 4 is 27.6 Å². The van der Waals surface area contributed by atoms with Gasteiger partial charge in [0, 0.05) is 58.9 Å². The van der Waals surface area contributed by atoms with Gasteiger partial charge in [-0.3, -0.25) is 4.79 Å². The molecule has 0 bridgehead atoms. The largest absolute Gasteiger partial charge is 0.361 e. The Balaban J connectivity index is 1.37. The average molecular weight is 469 g/mol. The second-order valence-electron chi connectivity index (χ2n) is 9.45. The zero-order valence-electron chi connectivity index (χ0n) is 20.0. The van der Waals surface area contributed by atoms with Crippen molar-refractivity contribution in [2.45, 2.75) is 24.7 Å². The van der Waals surface area contributed by atoms with Gasteiger partial charge in [-0.25, -0.2) is 0 Å². The van der Waals surface area contributed by atoms with E-state index in [0.717, 1.165) is 11.0 Å². The van der Waals surface area contributed by atoms with Gasteiger partial charge in [0.1, 0.15) is 5.78 Å². The third kappa shape index (κ3) is 4.25. The molecule has 2 N–H and O–H groups in total. The fourth-order valence-corrected chi connectivity index (χ4v) is 5.55. The molecule has 6 rings (SSSR count). The molecule has 0 fully saturated rings. The lowest BCUT2D eigenvalue weighted by atomic mass is 9.81. The first-order valence-electron chi connectivity index (χ1n) is 12.5. The van der Waals surface area contributed by atoms with Crippen molar-refractivity contribution in [1.29, 1.82) is 0 Å². The third-order valence-electron chi connectivity index (χ3n) is 7.28. The molecule has 0 aliphatic heterocycles. The van der Waals surface area contributed by atoms with Crippen LogP contribution in [0.3, 0.4) is 0 Å². The Morgan fingerprint density at radius 3 is 1.42 bits per heavy atom. The molecule has 0 amide bonds. The van der Waals surface area contributed by atoms with Crippen LogP contribution in [0, 0.1) is 0 Å². The molecule has 36 heavy (non-hydrogen) atoms. The quantitative estimate of drug-likeness (QED) is 0.234. The highest BCUT2D eigenvalue weighted by atomic mass is 16.1. The van der Waals surface area contributed by atoms with Crippen LogP contribution in [0.2, 0.25) is 0 Å². The van der Waals surface area contributed by atoms with Gasteiger partial charge in [0.05, 0.1) is 0 Å². The van der Waals surface area contributed by atoms with Gasteiger partial charge in [-0.1, -0.05) is 84.9 Å². The summed E-state index contributed by atoms with van der Waals surface area (Å²) >= 11 is 0. The smallest absolute Gasteiger partial charge is 0.134 e. The number of rotatable bonds is 8. The normalized spacial score (nSPS) is 13.1. The van der Waals surface area contributed by atoms with Crippen LogP contribution < -0.4 is 0 Å². The van der Waals surface area contributed by atoms with E-state index in [0.29, 0.717) is 12.8 Å². The first kappa shape index (κ1) is 22.1. The summed E-state index contributed by atoms with van der Waals surface area (Å²) in [6, 6.07) is 37.7. The van der Waals surface area contributed by atoms with Crippen molar-refractivity contribution in [3.63, 3.8) is 0 Å². The minimum absolute atomic E-state index is 0.00215. The van der Waals surface area contributed by atoms with Gasteiger partial charge in [0.15, 0.2) is 0 Å². The maximum absolute atomic E-state index is 13.9. The van der Waals surface area contributed by atoms with E-state index in [9.17, 15) is 4.79 Å². The minimum atomic E-state index is -0.00215. The number of aromatic nitrogens is 2. The lowest BCUT2D eigenvalue weighted by Gasteiger charge is -2.22. The molecule has 0 radical (unpaired) electrons. The molecular formula is C33H28N2O. The summed E-state index contributed by atoms with van der Waals surface area (Å²) in [5, 5.41) is 2.35. The molecule has 0 unspecified atom stereocenters. The summed E-state index contributed by atoms with van der Waals surface area (Å²) in [4.78, 5) is 20.5. The number of hydrogen-bond donors (Lipinski definition) is 2. The molecule has 2 aromatic heterocycles. The molecule has 0 spiro atoms. The number of nitrogens with one attached hydrogen (secondary N) is 2. The van der Waals surface area contributed by atoms with Crippen molar-refractivity contribution < 1.29 is 4.79 Å². The first-order chi connectivity index (χ1) is 17.8. The molecule has 0 aliphatic rings. The predicted octanol–water partition coefficient (Wildman–Crippen LogP) is 7.96. The fraction of sp³-hybridized carbons (Fsp3) is 0.121. The fourth-order valence-electron chi connectivity index (χ4n) is 5.55. The van der Waals surface area contributed by atoms with E-state index in [2.05, 4.69) is 107 Å². The Kier molecular flexibility index (Phi) is 5.96. The van der Waals surface area contributed by atoms with Gasteiger partial charge in [0.25, 0.3) is 0 Å². The van der Waals surface area contributed by atoms with Gasteiger partial charge in [0.2, 0.25) is 0 Å². The van der Waals surface area contributed by atoms with Crippen LogP contribution in [-0.4, -0.2) is 15.8 Å². The molecule has 0 saturated heterocycles. The molecule has 176 valence electrons. The van der Waals surface area contributed by atoms with E-state index in [1.54, 1.807) is 0 Å². The van der Waals surface area contributed by atoms with Crippen LogP contribution in [0.1, 0.15) is 46.9 Å². The number of Topliss-reactive ketones (excluding diaryl/α,β-unsaturated/α-hetero) is 1. The molecule has 0 saturated carbocycles. The highest BCUT2D eigenvalue weighted by Gasteiger charge is 2.25. The zero-order chi connectivity index (χ0) is 24.3. The van der Waals surface area contributed by atoms with Crippen LogP contribution >= 0.6 is 0 Å². The number of carbonyl (C=O) groups excluding carboxylic acids is 1. The van der Waals surface area contributed by atoms with Gasteiger partial charge >= 0.3 is 0 Å². The maximum Gasteiger partial charge on any atom is 0.134 e. The number of benzene rings is 4. The molecule has 0 aliphatic carbocycles. The molecular weight excluding hydrogens is 440 g/mol. The van der Waals surface area contributed by atoms with E-state index in [1.165, 1.54) is 33.0 Å². The van der Waals surface area contributed by atoms with Crippen molar-refractivity contribution in [3.05, 3.63) is 144 Å². The number of fused-ring (bicyclic) bond motifs is 2. The third-order valence-corrected chi connectivity index (χ3v) is 7.28. The van der Waals surface area contributed by atoms with Gasteiger partial charge in [-0.2, -0.15) is 0 Å². The monoisotopic (exact) mass is 468 g/mol. The molecule has 4 aromatic carbocycles. The van der Waals surface area contributed by atoms with Crippen molar-refractivity contribution in [2.24, 2.45) is 0 Å². The molecule has 3 nitrogen and oxygen atoms in total. The van der Waals surface area contributed by atoms with E-state index < -0.39 is 0 Å². The van der Waals surface area contributed by atoms with Crippen LogP contribution in [-0.2, 0) is 4.79 Å². The number of aromatic amines is 2. The molecule has 2 atom stereocenters. The number of H-pyrrole nitrogens is 2. The average Bonchev–Trinajstić information content (AvgIpc) is 3.61. The van der Waals surface area contributed by atoms with E-state index >= 15 is 0 Å². The predicted molar refractivity (Wildman–Crippen MR) is 147 cm³/mol. The van der Waals surface area contributed by atoms with E-state index in [1.807, 2.05) is 24.5 Å². The van der Waals surface area contributed by atoms with Crippen LogP contribution in [0.15, 0.2) is 122 Å². The van der Waals surface area contributed by atoms with Crippen LogP contribution in [0.4, 0.5) is 0 Å². The van der Waals surface area contributed by atoms with Gasteiger partial charge in [-0.15, -0.1) is 0 Å². The SMILES string of the molecule is O=C(C[C@@H](c1ccccc1)c1cccc2[nH]ccc12)C[C@@H](c1ccccc1)c1cccc2[nH]ccc12. The highest BCUT2D eigenvalue weighted by molar-refractivity contribution is 5.88. The molecule has 6 aromatic rings. The Hall–Kier alpha value is -4.37. The van der Waals surface area contributed by atoms with Crippen LogP contribution in [0.5, 0.6) is 0 Å². The Labute approximate surface area is 210 Å². The summed E-state index contributed by atoms with van der Waals surface area (Å²) in [5.41, 5.74) is 6.92. The highest BCUT2D eigenvalue weighted by Crippen LogP contribution is 2.37. The lowest BCUT2D eigenvalue weighted by molar-refractivity contribution is -0.119. The second kappa shape index (κ2) is 9.71. The van der Waals surface area contributed by atoms with Crippen molar-refractivity contribution in [1.82, 2.24) is 9.97 Å². The van der Waals surface area contributed by atoms with Gasteiger partial charge in [-0.05, 0) is 46.5 Å². The van der Waals surface area contributed by atoms with Gasteiger partial charge < -0.3 is 9.97 Å². The standard InChI is InChI=1S/C33H28N2O/c36-25(21-30(23-9-3-1-4-10-23)26-13-7-15-32-28(26)17-19-34-32)22-31(24-11-5-2-6-12-24)27-14-8-16-33-29(27)18-20-35-33/h1-20,30-31,34-35H,21-22H2/t30-,31-/m0/s1. The first-order valence-corrected chi connectivity index (χ1v) is 12.5. The molecule has 2 heterocycles. The topological polar surface area (TPSA) is 48.6 Å².